The molecule has 0 rings (SSSR count). The van der Waals surface area contributed by atoms with Gasteiger partial charge >= 0.3 is 0 Å². The minimum Gasteiger partial charge on any atom is -0.400 e. The van der Waals surface area contributed by atoms with Crippen LogP contribution in [-0.2, 0) is 0 Å². The van der Waals surface area contributed by atoms with Gasteiger partial charge in [0, 0.05) is 33.5 Å². The molecule has 0 aromatic carbocycles. The lowest BCUT2D eigenvalue weighted by Gasteiger charge is -1.52. The van der Waals surface area contributed by atoms with Gasteiger partial charge in [-0.25, -0.2) is 0 Å². The molecule has 0 aliphatic carbocycles. The van der Waals surface area contributed by atoms with Crippen molar-refractivity contribution in [3.63, 3.8) is 0 Å². The molecule has 0 spiro atoms. The van der Waals surface area contributed by atoms with Crippen LogP contribution >= 0.6 is 0 Å². The molecule has 0 saturated heterocycles. The van der Waals surface area contributed by atoms with Crippen molar-refractivity contribution >= 4 is 0 Å². The van der Waals surface area contributed by atoms with Crippen molar-refractivity contribution in [3.8, 4) is 0 Å². The smallest absolute Gasteiger partial charge is 0.0402 e. The fourth-order valence-corrected chi connectivity index (χ4v) is 0. The van der Waals surface area contributed by atoms with Crippen LogP contribution in [0.5, 0.6) is 0 Å². The van der Waals surface area contributed by atoms with Crippen LogP contribution in [0.3, 0.4) is 0 Å². The Balaban J connectivity index is -0.0000000243. The van der Waals surface area contributed by atoms with Crippen molar-refractivity contribution in [2.45, 2.75) is 27.7 Å². The van der Waals surface area contributed by atoms with E-state index < -0.39 is 0 Å². The summed E-state index contributed by atoms with van der Waals surface area (Å²) >= 11 is 0. The van der Waals surface area contributed by atoms with E-state index in [0.29, 0.717) is 0 Å². The van der Waals surface area contributed by atoms with Crippen molar-refractivity contribution in [1.29, 1.82) is 0 Å². The largest absolute Gasteiger partial charge is 0.400 e. The van der Waals surface area contributed by atoms with Gasteiger partial charge in [-0.15, -0.1) is 0 Å². The molecule has 0 aromatic heterocycles. The summed E-state index contributed by atoms with van der Waals surface area (Å²) in [5.74, 6) is 0. The molecule has 0 radical (unpaired) electrons. The van der Waals surface area contributed by atoms with E-state index in [9.17, 15) is 0 Å². The molecule has 0 saturated carbocycles. The lowest BCUT2D eigenvalue weighted by Crippen LogP contribution is -1.57. The molecule has 0 fully saturated rings. The molecule has 5 heteroatoms. The van der Waals surface area contributed by atoms with Crippen molar-refractivity contribution < 1.29 is 25.5 Å². The van der Waals surface area contributed by atoms with Crippen molar-refractivity contribution in [1.82, 2.24) is 0 Å². The summed E-state index contributed by atoms with van der Waals surface area (Å²) in [6, 6.07) is 0. The molecule has 0 atom stereocenters. The van der Waals surface area contributed by atoms with E-state index in [1.54, 1.807) is 27.7 Å². The number of aliphatic hydroxyl groups excluding tert-OH is 5. The van der Waals surface area contributed by atoms with Crippen LogP contribution in [0.2, 0.25) is 0 Å². The molecular weight excluding hydrogens is 188 g/mol. The van der Waals surface area contributed by atoms with E-state index in [-0.39, 0.29) is 26.4 Å². The van der Waals surface area contributed by atoms with E-state index in [4.69, 9.17) is 25.5 Å². The van der Waals surface area contributed by atoms with Crippen LogP contribution in [-0.4, -0.2) is 59.1 Å². The van der Waals surface area contributed by atoms with Crippen molar-refractivity contribution in [3.05, 3.63) is 0 Å². The van der Waals surface area contributed by atoms with Crippen molar-refractivity contribution in [2.24, 2.45) is 0 Å². The maximum atomic E-state index is 7.57. The number of hydrogen-bond donors (Lipinski definition) is 5. The topological polar surface area (TPSA) is 101 Å². The Kier molecular flexibility index (Phi) is 257. The number of rotatable bonds is 0. The van der Waals surface area contributed by atoms with Gasteiger partial charge < -0.3 is 25.5 Å². The lowest BCUT2D eigenvalue weighted by molar-refractivity contribution is 0.318. The van der Waals surface area contributed by atoms with Gasteiger partial charge in [-0.3, -0.25) is 0 Å². The third-order valence-electron chi connectivity index (χ3n) is 0. The fraction of sp³-hybridized carbons (Fsp3) is 1.00. The molecule has 0 unspecified atom stereocenters. The van der Waals surface area contributed by atoms with E-state index in [1.807, 2.05) is 0 Å². The van der Waals surface area contributed by atoms with Gasteiger partial charge in [0.1, 0.15) is 0 Å². The SMILES string of the molecule is CCO.CCO.CCO.CCO.CO. The Labute approximate surface area is 87.7 Å². The lowest BCUT2D eigenvalue weighted by atomic mass is 10.9. The molecule has 0 bridgehead atoms. The highest BCUT2D eigenvalue weighted by Crippen LogP contribution is 1.30. The molecule has 0 aliphatic rings. The van der Waals surface area contributed by atoms with Gasteiger partial charge in [-0.05, 0) is 27.7 Å². The van der Waals surface area contributed by atoms with Crippen LogP contribution in [0.25, 0.3) is 0 Å². The van der Waals surface area contributed by atoms with Gasteiger partial charge in [-0.1, -0.05) is 0 Å². The van der Waals surface area contributed by atoms with E-state index in [2.05, 4.69) is 0 Å². The fourth-order valence-electron chi connectivity index (χ4n) is 0. The molecule has 14 heavy (non-hydrogen) atoms. The summed E-state index contributed by atoms with van der Waals surface area (Å²) in [5, 5.41) is 37.3. The second kappa shape index (κ2) is 123. The first-order valence-electron chi connectivity index (χ1n) is 4.54. The summed E-state index contributed by atoms with van der Waals surface area (Å²) < 4.78 is 0. The second-order valence-electron chi connectivity index (χ2n) is 1.26. The van der Waals surface area contributed by atoms with E-state index in [0.717, 1.165) is 7.11 Å². The Morgan fingerprint density at radius 3 is 0.500 bits per heavy atom. The van der Waals surface area contributed by atoms with Crippen LogP contribution in [0, 0.1) is 0 Å². The van der Waals surface area contributed by atoms with Gasteiger partial charge in [0.05, 0.1) is 0 Å². The first kappa shape index (κ1) is 29.2. The van der Waals surface area contributed by atoms with Gasteiger partial charge in [0.15, 0.2) is 0 Å². The van der Waals surface area contributed by atoms with Gasteiger partial charge in [0.25, 0.3) is 0 Å². The van der Waals surface area contributed by atoms with Crippen LogP contribution in [0.4, 0.5) is 0 Å². The van der Waals surface area contributed by atoms with Crippen molar-refractivity contribution in [2.75, 3.05) is 33.5 Å². The maximum absolute atomic E-state index is 7.57. The highest BCUT2D eigenvalue weighted by Gasteiger charge is 1.35. The molecular formula is C9H28O5. The predicted octanol–water partition coefficient (Wildman–Crippen LogP) is -0.397. The molecule has 0 heterocycles. The number of hydrogen-bond acceptors (Lipinski definition) is 5. The third kappa shape index (κ3) is 34400. The quantitative estimate of drug-likeness (QED) is 0.379. The number of aliphatic hydroxyl groups is 5. The zero-order valence-corrected chi connectivity index (χ0v) is 10.1. The summed E-state index contributed by atoms with van der Waals surface area (Å²) in [4.78, 5) is 0. The average Bonchev–Trinajstić information content (AvgIpc) is 2.12. The second-order valence-corrected chi connectivity index (χ2v) is 1.26. The monoisotopic (exact) mass is 216 g/mol. The molecule has 0 amide bonds. The molecule has 5 nitrogen and oxygen atoms in total. The Bertz CT molecular complexity index is 21.2. The summed E-state index contributed by atoms with van der Waals surface area (Å²) in [6.45, 7) is 7.72. The van der Waals surface area contributed by atoms with Crippen LogP contribution < -0.4 is 0 Å². The minimum absolute atomic E-state index is 0.250. The van der Waals surface area contributed by atoms with Gasteiger partial charge in [0.2, 0.25) is 0 Å². The Morgan fingerprint density at radius 2 is 0.500 bits per heavy atom. The van der Waals surface area contributed by atoms with E-state index >= 15 is 0 Å². The van der Waals surface area contributed by atoms with Crippen LogP contribution in [0.1, 0.15) is 27.7 Å². The molecule has 0 aromatic rings. The average molecular weight is 216 g/mol. The van der Waals surface area contributed by atoms with Crippen LogP contribution in [0.15, 0.2) is 0 Å². The summed E-state index contributed by atoms with van der Waals surface area (Å²) in [7, 11) is 1.00. The third-order valence-corrected chi connectivity index (χ3v) is 0. The Hall–Kier alpha value is -0.200. The highest BCUT2D eigenvalue weighted by atomic mass is 16.3. The first-order chi connectivity index (χ1) is 6.66. The summed E-state index contributed by atoms with van der Waals surface area (Å²) in [5.41, 5.74) is 0. The zero-order valence-electron chi connectivity index (χ0n) is 10.1. The maximum Gasteiger partial charge on any atom is 0.0402 e. The zero-order chi connectivity index (χ0) is 12.8. The molecule has 94 valence electrons. The van der Waals surface area contributed by atoms with Gasteiger partial charge in [-0.2, -0.15) is 0 Å². The normalized spacial score (nSPS) is 5.57. The standard InChI is InChI=1S/4C2H6O.CH4O/c4*1-2-3;1-2/h4*3H,2H2,1H3;2H,1H3. The highest BCUT2D eigenvalue weighted by molar-refractivity contribution is 3.84. The molecule has 0 aliphatic heterocycles. The Morgan fingerprint density at radius 1 is 0.500 bits per heavy atom. The predicted molar refractivity (Wildman–Crippen MR) is 59.2 cm³/mol. The molecule has 5 N–H and O–H groups in total. The minimum atomic E-state index is 0.250. The first-order valence-corrected chi connectivity index (χ1v) is 4.54. The summed E-state index contributed by atoms with van der Waals surface area (Å²) in [6.07, 6.45) is 0. The van der Waals surface area contributed by atoms with E-state index in [1.165, 1.54) is 0 Å².